The maximum atomic E-state index is 13.8. The average Bonchev–Trinajstić information content (AvgIpc) is 3.08. The van der Waals surface area contributed by atoms with Gasteiger partial charge in [-0.05, 0) is 36.1 Å². The Hall–Kier alpha value is -1.66. The molecule has 0 aliphatic heterocycles. The van der Waals surface area contributed by atoms with Crippen molar-refractivity contribution in [1.82, 2.24) is 10.2 Å². The van der Waals surface area contributed by atoms with E-state index in [0.29, 0.717) is 17.1 Å². The lowest BCUT2D eigenvalue weighted by Crippen LogP contribution is -2.39. The highest BCUT2D eigenvalue weighted by molar-refractivity contribution is 14.0. The highest BCUT2D eigenvalue weighted by Crippen LogP contribution is 2.11. The van der Waals surface area contributed by atoms with E-state index >= 15 is 0 Å². The number of nitriles is 1. The molecule has 0 saturated heterocycles. The molecule has 0 radical (unpaired) electrons. The van der Waals surface area contributed by atoms with E-state index in [1.807, 2.05) is 24.1 Å². The molecule has 0 unspecified atom stereocenters. The van der Waals surface area contributed by atoms with Gasteiger partial charge < -0.3 is 10.2 Å². The number of nitrogens with one attached hydrogen (secondary N) is 1. The molecule has 0 aliphatic carbocycles. The van der Waals surface area contributed by atoms with Crippen LogP contribution in [-0.4, -0.2) is 31.5 Å². The molecular formula is C17H20FIN4S. The van der Waals surface area contributed by atoms with Gasteiger partial charge in [0.1, 0.15) is 5.82 Å². The van der Waals surface area contributed by atoms with Crippen molar-refractivity contribution < 1.29 is 4.39 Å². The number of rotatable bonds is 5. The van der Waals surface area contributed by atoms with Crippen molar-refractivity contribution >= 4 is 41.3 Å². The van der Waals surface area contributed by atoms with Crippen molar-refractivity contribution in [2.45, 2.75) is 13.0 Å². The second-order valence-corrected chi connectivity index (χ2v) is 6.10. The molecule has 0 fully saturated rings. The van der Waals surface area contributed by atoms with Gasteiger partial charge in [-0.25, -0.2) is 4.39 Å². The first-order valence-electron chi connectivity index (χ1n) is 7.26. The summed E-state index contributed by atoms with van der Waals surface area (Å²) < 4.78 is 13.8. The van der Waals surface area contributed by atoms with E-state index in [1.54, 1.807) is 24.5 Å². The predicted molar refractivity (Wildman–Crippen MR) is 107 cm³/mol. The van der Waals surface area contributed by atoms with E-state index in [4.69, 9.17) is 5.26 Å². The number of likely N-dealkylation sites (N-methyl/N-ethyl adjacent to an activating group) is 1. The molecule has 1 aromatic heterocycles. The Morgan fingerprint density at radius 3 is 2.83 bits per heavy atom. The van der Waals surface area contributed by atoms with E-state index in [-0.39, 0.29) is 36.3 Å². The summed E-state index contributed by atoms with van der Waals surface area (Å²) in [7, 11) is 3.65. The summed E-state index contributed by atoms with van der Waals surface area (Å²) in [6.45, 7) is 1.11. The van der Waals surface area contributed by atoms with Crippen LogP contribution in [0.5, 0.6) is 0 Å². The van der Waals surface area contributed by atoms with Gasteiger partial charge in [0, 0.05) is 37.6 Å². The van der Waals surface area contributed by atoms with Crippen LogP contribution in [0.15, 0.2) is 40.7 Å². The SMILES string of the molecule is CN=C(NCc1cc(C#N)ccc1F)N(C)CCc1cccs1.I. The van der Waals surface area contributed by atoms with Gasteiger partial charge in [0.25, 0.3) is 0 Å². The largest absolute Gasteiger partial charge is 0.352 e. The molecule has 0 amide bonds. The fraction of sp³-hybridized carbons (Fsp3) is 0.294. The third kappa shape index (κ3) is 5.76. The summed E-state index contributed by atoms with van der Waals surface area (Å²) in [5, 5.41) is 14.1. The van der Waals surface area contributed by atoms with Crippen molar-refractivity contribution in [2.75, 3.05) is 20.6 Å². The van der Waals surface area contributed by atoms with Gasteiger partial charge in [-0.1, -0.05) is 6.07 Å². The van der Waals surface area contributed by atoms with Crippen molar-refractivity contribution in [3.63, 3.8) is 0 Å². The Labute approximate surface area is 163 Å². The van der Waals surface area contributed by atoms with E-state index in [2.05, 4.69) is 21.8 Å². The number of benzene rings is 1. The number of hydrogen-bond acceptors (Lipinski definition) is 3. The van der Waals surface area contributed by atoms with Crippen LogP contribution in [0.2, 0.25) is 0 Å². The topological polar surface area (TPSA) is 51.4 Å². The number of halogens is 2. The first-order chi connectivity index (χ1) is 11.1. The van der Waals surface area contributed by atoms with E-state index in [0.717, 1.165) is 13.0 Å². The minimum Gasteiger partial charge on any atom is -0.352 e. The second-order valence-electron chi connectivity index (χ2n) is 5.07. The molecule has 7 heteroatoms. The van der Waals surface area contributed by atoms with Crippen molar-refractivity contribution in [2.24, 2.45) is 4.99 Å². The van der Waals surface area contributed by atoms with E-state index < -0.39 is 0 Å². The van der Waals surface area contributed by atoms with E-state index in [1.165, 1.54) is 17.0 Å². The predicted octanol–water partition coefficient (Wildman–Crippen LogP) is 3.63. The number of aliphatic imine (C=N–C) groups is 1. The molecule has 0 spiro atoms. The molecule has 0 atom stereocenters. The van der Waals surface area contributed by atoms with Crippen LogP contribution in [0, 0.1) is 17.1 Å². The van der Waals surface area contributed by atoms with Gasteiger partial charge >= 0.3 is 0 Å². The van der Waals surface area contributed by atoms with Gasteiger partial charge in [0.05, 0.1) is 11.6 Å². The Bertz CT molecular complexity index is 710. The zero-order valence-electron chi connectivity index (χ0n) is 13.6. The number of hydrogen-bond donors (Lipinski definition) is 1. The van der Waals surface area contributed by atoms with Crippen LogP contribution < -0.4 is 5.32 Å². The van der Waals surface area contributed by atoms with Gasteiger partial charge in [-0.2, -0.15) is 5.26 Å². The Kier molecular flexibility index (Phi) is 8.71. The van der Waals surface area contributed by atoms with E-state index in [9.17, 15) is 4.39 Å². The molecule has 4 nitrogen and oxygen atoms in total. The lowest BCUT2D eigenvalue weighted by Gasteiger charge is -2.22. The summed E-state index contributed by atoms with van der Waals surface area (Å²) in [5.41, 5.74) is 0.904. The maximum absolute atomic E-state index is 13.8. The Morgan fingerprint density at radius 1 is 1.42 bits per heavy atom. The molecular weight excluding hydrogens is 438 g/mol. The van der Waals surface area contributed by atoms with Gasteiger partial charge in [0.15, 0.2) is 5.96 Å². The number of thiophene rings is 1. The van der Waals surface area contributed by atoms with Crippen molar-refractivity contribution in [3.8, 4) is 6.07 Å². The summed E-state index contributed by atoms with van der Waals surface area (Å²) in [4.78, 5) is 7.55. The van der Waals surface area contributed by atoms with Crippen molar-refractivity contribution in [3.05, 3.63) is 57.5 Å². The molecule has 2 aromatic rings. The fourth-order valence-corrected chi connectivity index (χ4v) is 2.88. The molecule has 0 aliphatic rings. The normalized spacial score (nSPS) is 10.7. The van der Waals surface area contributed by atoms with Crippen LogP contribution in [0.4, 0.5) is 4.39 Å². The van der Waals surface area contributed by atoms with Crippen LogP contribution >= 0.6 is 35.3 Å². The monoisotopic (exact) mass is 458 g/mol. The summed E-state index contributed by atoms with van der Waals surface area (Å²) >= 11 is 1.73. The molecule has 1 heterocycles. The summed E-state index contributed by atoms with van der Waals surface area (Å²) in [6.07, 6.45) is 0.938. The standard InChI is InChI=1S/C17H19FN4S.HI/c1-20-17(22(2)8-7-15-4-3-9-23-15)21-12-14-10-13(11-19)5-6-16(14)18;/h3-6,9-10H,7-8,12H2,1-2H3,(H,20,21);1H. The Balaban J connectivity index is 0.00000288. The number of nitrogens with zero attached hydrogens (tertiary/aromatic N) is 3. The molecule has 0 saturated carbocycles. The van der Waals surface area contributed by atoms with Gasteiger partial charge in [0.2, 0.25) is 0 Å². The molecule has 128 valence electrons. The highest BCUT2D eigenvalue weighted by atomic mass is 127. The smallest absolute Gasteiger partial charge is 0.193 e. The van der Waals surface area contributed by atoms with Crippen LogP contribution in [0.3, 0.4) is 0 Å². The number of guanidine groups is 1. The summed E-state index contributed by atoms with van der Waals surface area (Å²) in [6, 6.07) is 10.5. The maximum Gasteiger partial charge on any atom is 0.193 e. The van der Waals surface area contributed by atoms with Gasteiger partial charge in [-0.15, -0.1) is 35.3 Å². The third-order valence-electron chi connectivity index (χ3n) is 3.46. The highest BCUT2D eigenvalue weighted by Gasteiger charge is 2.09. The molecule has 1 aromatic carbocycles. The molecule has 0 bridgehead atoms. The van der Waals surface area contributed by atoms with Crippen LogP contribution in [0.1, 0.15) is 16.0 Å². The minimum absolute atomic E-state index is 0. The molecule has 1 N–H and O–H groups in total. The molecule has 24 heavy (non-hydrogen) atoms. The second kappa shape index (κ2) is 10.3. The lowest BCUT2D eigenvalue weighted by molar-refractivity contribution is 0.484. The van der Waals surface area contributed by atoms with Crippen LogP contribution in [0.25, 0.3) is 0 Å². The van der Waals surface area contributed by atoms with Crippen LogP contribution in [-0.2, 0) is 13.0 Å². The fourth-order valence-electron chi connectivity index (χ4n) is 2.18. The zero-order valence-corrected chi connectivity index (χ0v) is 16.8. The first-order valence-corrected chi connectivity index (χ1v) is 8.14. The third-order valence-corrected chi connectivity index (χ3v) is 4.40. The first kappa shape index (κ1) is 20.4. The molecule has 2 rings (SSSR count). The zero-order chi connectivity index (χ0) is 16.7. The van der Waals surface area contributed by atoms with Crippen molar-refractivity contribution in [1.29, 1.82) is 5.26 Å². The van der Waals surface area contributed by atoms with Gasteiger partial charge in [-0.3, -0.25) is 4.99 Å². The lowest BCUT2D eigenvalue weighted by atomic mass is 10.1. The quantitative estimate of drug-likeness (QED) is 0.423. The minimum atomic E-state index is -0.326. The average molecular weight is 458 g/mol. The Morgan fingerprint density at radius 2 is 2.21 bits per heavy atom. The summed E-state index contributed by atoms with van der Waals surface area (Å²) in [5.74, 6) is 0.372.